The van der Waals surface area contributed by atoms with E-state index in [4.69, 9.17) is 4.74 Å². The maximum Gasteiger partial charge on any atom is 0.137 e. The molecule has 0 fully saturated rings. The lowest BCUT2D eigenvalue weighted by molar-refractivity contribution is -0.116. The molecular formula is C15H16N2O2. The van der Waals surface area contributed by atoms with E-state index in [9.17, 15) is 4.79 Å². The van der Waals surface area contributed by atoms with Crippen molar-refractivity contribution in [3.63, 3.8) is 0 Å². The normalized spacial score (nSPS) is 13.7. The Morgan fingerprint density at radius 3 is 3.21 bits per heavy atom. The minimum atomic E-state index is 0.111. The molecule has 4 nitrogen and oxygen atoms in total. The van der Waals surface area contributed by atoms with Crippen LogP contribution in [0.2, 0.25) is 0 Å². The van der Waals surface area contributed by atoms with Crippen LogP contribution in [0.4, 0.5) is 0 Å². The molecule has 0 atom stereocenters. The van der Waals surface area contributed by atoms with Crippen LogP contribution in [0.1, 0.15) is 24.7 Å². The van der Waals surface area contributed by atoms with Gasteiger partial charge in [0.1, 0.15) is 17.4 Å². The highest BCUT2D eigenvalue weighted by Gasteiger charge is 2.12. The molecule has 98 valence electrons. The molecule has 0 bridgehead atoms. The van der Waals surface area contributed by atoms with Gasteiger partial charge in [-0.05, 0) is 43.5 Å². The Hall–Kier alpha value is -2.10. The Balaban J connectivity index is 1.89. The molecule has 0 spiro atoms. The zero-order valence-electron chi connectivity index (χ0n) is 10.9. The van der Waals surface area contributed by atoms with Gasteiger partial charge >= 0.3 is 0 Å². The van der Waals surface area contributed by atoms with Crippen molar-refractivity contribution in [3.8, 4) is 17.0 Å². The molecule has 0 unspecified atom stereocenters. The second-order valence-electron chi connectivity index (χ2n) is 4.90. The summed E-state index contributed by atoms with van der Waals surface area (Å²) in [5, 5.41) is 0. The molecule has 1 aromatic heterocycles. The summed E-state index contributed by atoms with van der Waals surface area (Å²) in [4.78, 5) is 18.5. The summed E-state index contributed by atoms with van der Waals surface area (Å²) in [5.41, 5.74) is 3.28. The Kier molecular flexibility index (Phi) is 3.07. The third kappa shape index (κ3) is 2.52. The Morgan fingerprint density at radius 2 is 2.37 bits per heavy atom. The highest BCUT2D eigenvalue weighted by atomic mass is 16.5. The number of Topliss-reactive ketones (excluding diaryl/α,β-unsaturated/α-hetero) is 1. The van der Waals surface area contributed by atoms with Gasteiger partial charge in [0.2, 0.25) is 0 Å². The fourth-order valence-electron chi connectivity index (χ4n) is 2.36. The number of aromatic nitrogens is 2. The quantitative estimate of drug-likeness (QED) is 0.918. The molecule has 0 saturated heterocycles. The van der Waals surface area contributed by atoms with Crippen LogP contribution in [0.15, 0.2) is 24.4 Å². The minimum Gasteiger partial charge on any atom is -0.493 e. The molecule has 0 amide bonds. The first-order chi connectivity index (χ1) is 9.22. The number of imidazole rings is 1. The minimum absolute atomic E-state index is 0.111. The van der Waals surface area contributed by atoms with Gasteiger partial charge in [-0.15, -0.1) is 0 Å². The molecule has 0 aliphatic carbocycles. The van der Waals surface area contributed by atoms with E-state index in [2.05, 4.69) is 16.0 Å². The van der Waals surface area contributed by atoms with E-state index in [1.54, 1.807) is 13.1 Å². The fraction of sp³-hybridized carbons (Fsp3) is 0.333. The monoisotopic (exact) mass is 256 g/mol. The number of ether oxygens (including phenoxy) is 1. The van der Waals surface area contributed by atoms with Crippen molar-refractivity contribution in [1.29, 1.82) is 0 Å². The number of H-pyrrole nitrogens is 1. The molecule has 4 heteroatoms. The maximum atomic E-state index is 11.1. The molecule has 2 aromatic rings. The summed E-state index contributed by atoms with van der Waals surface area (Å²) in [7, 11) is 0. The van der Waals surface area contributed by atoms with Gasteiger partial charge in [-0.3, -0.25) is 4.79 Å². The lowest BCUT2D eigenvalue weighted by atomic mass is 10.0. The fourth-order valence-corrected chi connectivity index (χ4v) is 2.36. The predicted octanol–water partition coefficient (Wildman–Crippen LogP) is 2.53. The lowest BCUT2D eigenvalue weighted by Gasteiger charge is -2.17. The number of nitrogens with zero attached hydrogens (tertiary/aromatic N) is 1. The third-order valence-electron chi connectivity index (χ3n) is 3.26. The number of aromatic amines is 1. The second-order valence-corrected chi connectivity index (χ2v) is 4.90. The van der Waals surface area contributed by atoms with E-state index in [-0.39, 0.29) is 5.78 Å². The smallest absolute Gasteiger partial charge is 0.137 e. The summed E-state index contributed by atoms with van der Waals surface area (Å²) in [6, 6.07) is 6.17. The average molecular weight is 256 g/mol. The van der Waals surface area contributed by atoms with Gasteiger partial charge in [-0.25, -0.2) is 4.98 Å². The van der Waals surface area contributed by atoms with E-state index >= 15 is 0 Å². The van der Waals surface area contributed by atoms with Crippen LogP contribution in [-0.4, -0.2) is 22.4 Å². The van der Waals surface area contributed by atoms with E-state index < -0.39 is 0 Å². The number of carbonyl (C=O) groups is 1. The van der Waals surface area contributed by atoms with Crippen molar-refractivity contribution < 1.29 is 9.53 Å². The van der Waals surface area contributed by atoms with Crippen molar-refractivity contribution in [2.75, 3.05) is 6.61 Å². The molecule has 3 rings (SSSR count). The van der Waals surface area contributed by atoms with Gasteiger partial charge in [0, 0.05) is 5.56 Å². The van der Waals surface area contributed by atoms with Crippen molar-refractivity contribution >= 4 is 5.78 Å². The van der Waals surface area contributed by atoms with Crippen LogP contribution in [-0.2, 0) is 17.6 Å². The van der Waals surface area contributed by atoms with Gasteiger partial charge in [0.15, 0.2) is 0 Å². The highest BCUT2D eigenvalue weighted by Crippen LogP contribution is 2.29. The zero-order valence-corrected chi connectivity index (χ0v) is 10.9. The van der Waals surface area contributed by atoms with Gasteiger partial charge in [0.05, 0.1) is 24.9 Å². The number of fused-ring (bicyclic) bond motifs is 1. The second kappa shape index (κ2) is 4.88. The van der Waals surface area contributed by atoms with Crippen molar-refractivity contribution in [2.24, 2.45) is 0 Å². The number of ketones is 1. The summed E-state index contributed by atoms with van der Waals surface area (Å²) in [5.74, 6) is 1.81. The van der Waals surface area contributed by atoms with Crippen LogP contribution < -0.4 is 4.74 Å². The van der Waals surface area contributed by atoms with E-state index in [1.807, 2.05) is 12.1 Å². The summed E-state index contributed by atoms with van der Waals surface area (Å²) in [6.07, 6.45) is 4.25. The average Bonchev–Trinajstić information content (AvgIpc) is 2.86. The van der Waals surface area contributed by atoms with Crippen molar-refractivity contribution in [1.82, 2.24) is 9.97 Å². The SMILES string of the molecule is CC(=O)Cc1ncc(-c2ccc3c(c2)CCCO3)[nH]1. The number of benzene rings is 1. The number of hydrogen-bond donors (Lipinski definition) is 1. The molecule has 1 N–H and O–H groups in total. The number of nitrogens with one attached hydrogen (secondary N) is 1. The van der Waals surface area contributed by atoms with Crippen molar-refractivity contribution in [3.05, 3.63) is 35.8 Å². The van der Waals surface area contributed by atoms with Crippen LogP contribution in [0, 0.1) is 0 Å². The molecule has 1 aliphatic rings. The first-order valence-electron chi connectivity index (χ1n) is 6.52. The molecule has 1 aliphatic heterocycles. The maximum absolute atomic E-state index is 11.1. The van der Waals surface area contributed by atoms with E-state index in [0.717, 1.165) is 42.3 Å². The van der Waals surface area contributed by atoms with Crippen LogP contribution >= 0.6 is 0 Å². The summed E-state index contributed by atoms with van der Waals surface area (Å²) >= 11 is 0. The van der Waals surface area contributed by atoms with Crippen LogP contribution in [0.5, 0.6) is 5.75 Å². The summed E-state index contributed by atoms with van der Waals surface area (Å²) in [6.45, 7) is 2.37. The Labute approximate surface area is 111 Å². The number of carbonyl (C=O) groups excluding carboxylic acids is 1. The lowest BCUT2D eigenvalue weighted by Crippen LogP contribution is -2.08. The number of hydrogen-bond acceptors (Lipinski definition) is 3. The highest BCUT2D eigenvalue weighted by molar-refractivity contribution is 5.77. The third-order valence-corrected chi connectivity index (χ3v) is 3.26. The first-order valence-corrected chi connectivity index (χ1v) is 6.52. The zero-order chi connectivity index (χ0) is 13.2. The molecular weight excluding hydrogens is 240 g/mol. The topological polar surface area (TPSA) is 55.0 Å². The Morgan fingerprint density at radius 1 is 1.47 bits per heavy atom. The van der Waals surface area contributed by atoms with Crippen molar-refractivity contribution in [2.45, 2.75) is 26.2 Å². The number of aryl methyl sites for hydroxylation is 1. The van der Waals surface area contributed by atoms with Gasteiger partial charge in [-0.2, -0.15) is 0 Å². The number of rotatable bonds is 3. The van der Waals surface area contributed by atoms with Gasteiger partial charge in [-0.1, -0.05) is 0 Å². The van der Waals surface area contributed by atoms with E-state index in [0.29, 0.717) is 6.42 Å². The van der Waals surface area contributed by atoms with Crippen LogP contribution in [0.25, 0.3) is 11.3 Å². The standard InChI is InChI=1S/C15H16N2O2/c1-10(18)7-15-16-9-13(17-15)11-4-5-14-12(8-11)3-2-6-19-14/h4-5,8-9H,2-3,6-7H2,1H3,(H,16,17). The van der Waals surface area contributed by atoms with Gasteiger partial charge in [0.25, 0.3) is 0 Å². The summed E-state index contributed by atoms with van der Waals surface area (Å²) < 4.78 is 5.60. The van der Waals surface area contributed by atoms with E-state index in [1.165, 1.54) is 5.56 Å². The molecule has 19 heavy (non-hydrogen) atoms. The first kappa shape index (κ1) is 12.0. The molecule has 2 heterocycles. The molecule has 0 radical (unpaired) electrons. The van der Waals surface area contributed by atoms with Crippen LogP contribution in [0.3, 0.4) is 0 Å². The Bertz CT molecular complexity index is 616. The largest absolute Gasteiger partial charge is 0.493 e. The predicted molar refractivity (Wildman–Crippen MR) is 72.2 cm³/mol. The van der Waals surface area contributed by atoms with Gasteiger partial charge < -0.3 is 9.72 Å². The molecule has 0 saturated carbocycles. The molecule has 1 aromatic carbocycles.